The van der Waals surface area contributed by atoms with Gasteiger partial charge in [0.05, 0.1) is 35.4 Å². The first-order valence-electron chi connectivity index (χ1n) is 8.93. The van der Waals surface area contributed by atoms with Crippen molar-refractivity contribution >= 4 is 45.2 Å². The minimum absolute atomic E-state index is 0.0431. The summed E-state index contributed by atoms with van der Waals surface area (Å²) in [4.78, 5) is 34.6. The number of esters is 2. The summed E-state index contributed by atoms with van der Waals surface area (Å²) in [6.07, 6.45) is 1.70. The molecule has 1 saturated heterocycles. The minimum atomic E-state index is -3.78. The number of hydrogen-bond donors (Lipinski definition) is 1. The van der Waals surface area contributed by atoms with Gasteiger partial charge in [-0.3, -0.25) is 4.79 Å². The molecule has 164 valence electrons. The molecule has 1 aliphatic heterocycles. The normalized spacial score (nSPS) is 15.0. The molecule has 0 unspecified atom stereocenters. The van der Waals surface area contributed by atoms with Crippen LogP contribution in [-0.4, -0.2) is 70.1 Å². The van der Waals surface area contributed by atoms with Crippen LogP contribution in [0.3, 0.4) is 0 Å². The van der Waals surface area contributed by atoms with Crippen molar-refractivity contribution in [3.63, 3.8) is 0 Å². The van der Waals surface area contributed by atoms with Crippen LogP contribution < -0.4 is 5.32 Å². The number of carbonyl (C=O) groups excluding carboxylic acids is 3. The van der Waals surface area contributed by atoms with Gasteiger partial charge in [-0.05, 0) is 25.1 Å². The summed E-state index contributed by atoms with van der Waals surface area (Å²) >= 11 is 6.04. The lowest BCUT2D eigenvalue weighted by molar-refractivity contribution is -0.143. The maximum atomic E-state index is 12.7. The van der Waals surface area contributed by atoms with Crippen LogP contribution in [-0.2, 0) is 38.6 Å². The molecule has 30 heavy (non-hydrogen) atoms. The predicted octanol–water partition coefficient (Wildman–Crippen LogP) is 0.962. The summed E-state index contributed by atoms with van der Waals surface area (Å²) in [6, 6.07) is 3.91. The minimum Gasteiger partial charge on any atom is -0.463 e. The zero-order valence-electron chi connectivity index (χ0n) is 16.1. The molecule has 0 aromatic heterocycles. The van der Waals surface area contributed by atoms with Gasteiger partial charge >= 0.3 is 11.9 Å². The Hall–Kier alpha value is -2.47. The number of sulfonamides is 1. The van der Waals surface area contributed by atoms with Crippen molar-refractivity contribution in [3.05, 3.63) is 35.4 Å². The summed E-state index contributed by atoms with van der Waals surface area (Å²) in [6.45, 7) is 2.15. The van der Waals surface area contributed by atoms with Crippen LogP contribution in [0, 0.1) is 0 Å². The van der Waals surface area contributed by atoms with Crippen LogP contribution in [0.15, 0.2) is 35.2 Å². The van der Waals surface area contributed by atoms with Crippen LogP contribution >= 0.6 is 11.6 Å². The van der Waals surface area contributed by atoms with Crippen LogP contribution in [0.5, 0.6) is 0 Å². The predicted molar refractivity (Wildman–Crippen MR) is 106 cm³/mol. The third-order valence-corrected chi connectivity index (χ3v) is 6.03. The molecule has 0 bridgehead atoms. The number of anilines is 1. The monoisotopic (exact) mass is 460 g/mol. The quantitative estimate of drug-likeness (QED) is 0.448. The molecule has 1 fully saturated rings. The lowest BCUT2D eigenvalue weighted by Crippen LogP contribution is -2.40. The summed E-state index contributed by atoms with van der Waals surface area (Å²) in [5, 5.41) is 2.50. The van der Waals surface area contributed by atoms with Crippen molar-refractivity contribution in [2.45, 2.75) is 11.8 Å². The van der Waals surface area contributed by atoms with E-state index in [1.54, 1.807) is 6.92 Å². The van der Waals surface area contributed by atoms with E-state index in [1.807, 2.05) is 0 Å². The average Bonchev–Trinajstić information content (AvgIpc) is 2.73. The molecule has 0 spiro atoms. The second-order valence-electron chi connectivity index (χ2n) is 5.90. The van der Waals surface area contributed by atoms with Gasteiger partial charge < -0.3 is 19.5 Å². The number of benzene rings is 1. The van der Waals surface area contributed by atoms with Crippen molar-refractivity contribution < 1.29 is 37.0 Å². The largest absolute Gasteiger partial charge is 0.463 e. The fraction of sp³-hybridized carbons (Fsp3) is 0.389. The number of hydrogen-bond acceptors (Lipinski definition) is 8. The molecule has 1 aliphatic rings. The second-order valence-corrected chi connectivity index (χ2v) is 8.24. The number of halogens is 1. The van der Waals surface area contributed by atoms with E-state index in [-0.39, 0.29) is 35.3 Å². The number of morpholine rings is 1. The van der Waals surface area contributed by atoms with Crippen LogP contribution in [0.25, 0.3) is 0 Å². The Morgan fingerprint density at radius 2 is 1.80 bits per heavy atom. The topological polar surface area (TPSA) is 128 Å². The fourth-order valence-electron chi connectivity index (χ4n) is 2.39. The maximum absolute atomic E-state index is 12.7. The maximum Gasteiger partial charge on any atom is 0.331 e. The van der Waals surface area contributed by atoms with Gasteiger partial charge in [0, 0.05) is 25.2 Å². The number of ether oxygens (including phenoxy) is 3. The van der Waals surface area contributed by atoms with Crippen molar-refractivity contribution in [1.29, 1.82) is 0 Å². The molecule has 12 heteroatoms. The number of amides is 1. The van der Waals surface area contributed by atoms with E-state index >= 15 is 0 Å². The van der Waals surface area contributed by atoms with E-state index in [2.05, 4.69) is 10.1 Å². The molecule has 0 aliphatic carbocycles. The highest BCUT2D eigenvalue weighted by atomic mass is 35.5. The van der Waals surface area contributed by atoms with Gasteiger partial charge in [-0.2, -0.15) is 4.31 Å². The van der Waals surface area contributed by atoms with Gasteiger partial charge in [0.25, 0.3) is 5.91 Å². The smallest absolute Gasteiger partial charge is 0.331 e. The molecular weight excluding hydrogens is 440 g/mol. The van der Waals surface area contributed by atoms with E-state index in [0.717, 1.165) is 12.2 Å². The Bertz CT molecular complexity index is 926. The summed E-state index contributed by atoms with van der Waals surface area (Å²) in [7, 11) is -3.78. The molecule has 2 rings (SSSR count). The lowest BCUT2D eigenvalue weighted by atomic mass is 10.3. The third kappa shape index (κ3) is 6.80. The zero-order chi connectivity index (χ0) is 22.1. The third-order valence-electron chi connectivity index (χ3n) is 3.81. The van der Waals surface area contributed by atoms with Crippen molar-refractivity contribution in [2.24, 2.45) is 0 Å². The Balaban J connectivity index is 1.99. The van der Waals surface area contributed by atoms with Gasteiger partial charge in [0.1, 0.15) is 0 Å². The Labute approximate surface area is 178 Å². The first kappa shape index (κ1) is 23.8. The second kappa shape index (κ2) is 11.1. The molecule has 10 nitrogen and oxygen atoms in total. The van der Waals surface area contributed by atoms with Gasteiger partial charge in [0.2, 0.25) is 10.0 Å². The number of nitrogens with one attached hydrogen (secondary N) is 1. The molecular formula is C18H21ClN2O8S. The highest BCUT2D eigenvalue weighted by molar-refractivity contribution is 7.89. The lowest BCUT2D eigenvalue weighted by Gasteiger charge is -2.26. The van der Waals surface area contributed by atoms with Gasteiger partial charge in [-0.15, -0.1) is 0 Å². The zero-order valence-corrected chi connectivity index (χ0v) is 17.7. The van der Waals surface area contributed by atoms with Gasteiger partial charge in [0.15, 0.2) is 6.61 Å². The molecule has 0 saturated carbocycles. The Morgan fingerprint density at radius 1 is 1.17 bits per heavy atom. The number of carbonyl (C=O) groups is 3. The van der Waals surface area contributed by atoms with E-state index in [9.17, 15) is 22.8 Å². The molecule has 0 radical (unpaired) electrons. The van der Waals surface area contributed by atoms with E-state index in [0.29, 0.717) is 13.2 Å². The Kier molecular flexibility index (Phi) is 8.78. The number of rotatable bonds is 8. The summed E-state index contributed by atoms with van der Waals surface area (Å²) in [5.74, 6) is -2.38. The highest BCUT2D eigenvalue weighted by Crippen LogP contribution is 2.27. The van der Waals surface area contributed by atoms with Crippen molar-refractivity contribution in [1.82, 2.24) is 4.31 Å². The van der Waals surface area contributed by atoms with E-state index < -0.39 is 34.5 Å². The van der Waals surface area contributed by atoms with Crippen molar-refractivity contribution in [2.75, 3.05) is 44.8 Å². The van der Waals surface area contributed by atoms with E-state index in [4.69, 9.17) is 21.1 Å². The van der Waals surface area contributed by atoms with E-state index in [1.165, 1.54) is 22.5 Å². The molecule has 1 aromatic carbocycles. The fourth-order valence-corrected chi connectivity index (χ4v) is 3.99. The van der Waals surface area contributed by atoms with Gasteiger partial charge in [-0.1, -0.05) is 11.6 Å². The molecule has 1 aromatic rings. The van der Waals surface area contributed by atoms with Crippen LogP contribution in [0.1, 0.15) is 6.92 Å². The van der Waals surface area contributed by atoms with Gasteiger partial charge in [-0.25, -0.2) is 18.0 Å². The van der Waals surface area contributed by atoms with Crippen molar-refractivity contribution in [3.8, 4) is 0 Å². The average molecular weight is 461 g/mol. The first-order valence-corrected chi connectivity index (χ1v) is 10.7. The number of nitrogens with zero attached hydrogens (tertiary/aromatic N) is 1. The molecule has 1 amide bonds. The first-order chi connectivity index (χ1) is 14.2. The molecule has 1 N–H and O–H groups in total. The molecule has 0 atom stereocenters. The summed E-state index contributed by atoms with van der Waals surface area (Å²) in [5.41, 5.74) is 0.0501. The standard InChI is InChI=1S/C18H21ClN2O8S/c1-2-28-17(23)5-6-18(24)29-12-16(22)20-15-11-13(3-4-14(15)19)30(25,26)21-7-9-27-10-8-21/h3-6,11H,2,7-10,12H2,1H3,(H,20,22)/b6-5+. The highest BCUT2D eigenvalue weighted by Gasteiger charge is 2.27. The summed E-state index contributed by atoms with van der Waals surface area (Å²) < 4.78 is 41.2. The Morgan fingerprint density at radius 3 is 2.43 bits per heavy atom. The van der Waals surface area contributed by atoms with Crippen LogP contribution in [0.2, 0.25) is 5.02 Å². The molecule has 1 heterocycles. The SMILES string of the molecule is CCOC(=O)/C=C/C(=O)OCC(=O)Nc1cc(S(=O)(=O)N2CCOCC2)ccc1Cl. The van der Waals surface area contributed by atoms with Crippen LogP contribution in [0.4, 0.5) is 5.69 Å².